The van der Waals surface area contributed by atoms with Crippen molar-refractivity contribution in [3.05, 3.63) is 42.5 Å². The quantitative estimate of drug-likeness (QED) is 0.442. The largest absolute Gasteiger partial charge is 0.462 e. The van der Waals surface area contributed by atoms with Crippen molar-refractivity contribution < 1.29 is 19.1 Å². The highest BCUT2D eigenvalue weighted by atomic mass is 16.5. The molecular formula is C14H13NO4. The Kier molecular flexibility index (Phi) is 5.83. The first kappa shape index (κ1) is 14.5. The van der Waals surface area contributed by atoms with E-state index in [1.165, 1.54) is 0 Å². The average Bonchev–Trinajstić information content (AvgIpc) is 2.41. The standard InChI is InChI=1S/C14H13NO4/c1-2-13(16)18-10-8-14(17)19-12-5-3-11(4-6-12)7-9-15/h2-6H,1,7-8,10H2. The van der Waals surface area contributed by atoms with E-state index in [0.29, 0.717) is 12.2 Å². The zero-order valence-corrected chi connectivity index (χ0v) is 10.3. The molecule has 5 nitrogen and oxygen atoms in total. The van der Waals surface area contributed by atoms with Crippen molar-refractivity contribution in [1.29, 1.82) is 5.26 Å². The molecule has 0 amide bonds. The maximum Gasteiger partial charge on any atom is 0.330 e. The fraction of sp³-hybridized carbons (Fsp3) is 0.214. The van der Waals surface area contributed by atoms with Crippen LogP contribution < -0.4 is 4.74 Å². The van der Waals surface area contributed by atoms with Crippen LogP contribution in [0.4, 0.5) is 0 Å². The molecule has 0 heterocycles. The molecule has 1 rings (SSSR count). The Labute approximate surface area is 111 Å². The van der Waals surface area contributed by atoms with Crippen molar-refractivity contribution >= 4 is 11.9 Å². The van der Waals surface area contributed by atoms with E-state index in [9.17, 15) is 9.59 Å². The van der Waals surface area contributed by atoms with Gasteiger partial charge in [-0.1, -0.05) is 18.7 Å². The summed E-state index contributed by atoms with van der Waals surface area (Å²) in [5.41, 5.74) is 0.849. The van der Waals surface area contributed by atoms with Gasteiger partial charge in [-0.05, 0) is 17.7 Å². The van der Waals surface area contributed by atoms with Gasteiger partial charge in [0, 0.05) is 6.08 Å². The molecule has 1 aromatic carbocycles. The van der Waals surface area contributed by atoms with Crippen LogP contribution in [0, 0.1) is 11.3 Å². The predicted octanol–water partition coefficient (Wildman–Crippen LogP) is 1.78. The number of nitriles is 1. The zero-order chi connectivity index (χ0) is 14.1. The van der Waals surface area contributed by atoms with Crippen LogP contribution >= 0.6 is 0 Å². The highest BCUT2D eigenvalue weighted by Gasteiger charge is 2.06. The molecule has 0 bridgehead atoms. The summed E-state index contributed by atoms with van der Waals surface area (Å²) in [7, 11) is 0. The van der Waals surface area contributed by atoms with Crippen LogP contribution in [0.3, 0.4) is 0 Å². The lowest BCUT2D eigenvalue weighted by atomic mass is 10.2. The lowest BCUT2D eigenvalue weighted by molar-refractivity contribution is -0.141. The van der Waals surface area contributed by atoms with Gasteiger partial charge in [0.1, 0.15) is 12.4 Å². The number of ether oxygens (including phenoxy) is 2. The molecule has 0 aliphatic carbocycles. The fourth-order valence-corrected chi connectivity index (χ4v) is 1.24. The Morgan fingerprint density at radius 1 is 1.32 bits per heavy atom. The Morgan fingerprint density at radius 2 is 2.00 bits per heavy atom. The van der Waals surface area contributed by atoms with Crippen molar-refractivity contribution in [2.24, 2.45) is 0 Å². The molecule has 0 aliphatic heterocycles. The third kappa shape index (κ3) is 5.50. The molecule has 0 unspecified atom stereocenters. The van der Waals surface area contributed by atoms with Gasteiger partial charge in [0.25, 0.3) is 0 Å². The lowest BCUT2D eigenvalue weighted by Gasteiger charge is -2.05. The smallest absolute Gasteiger partial charge is 0.330 e. The van der Waals surface area contributed by atoms with Crippen molar-refractivity contribution in [3.63, 3.8) is 0 Å². The third-order valence-electron chi connectivity index (χ3n) is 2.16. The molecule has 0 N–H and O–H groups in total. The zero-order valence-electron chi connectivity index (χ0n) is 10.3. The average molecular weight is 259 g/mol. The van der Waals surface area contributed by atoms with Gasteiger partial charge in [-0.25, -0.2) is 4.79 Å². The molecule has 98 valence electrons. The highest BCUT2D eigenvalue weighted by Crippen LogP contribution is 2.13. The van der Waals surface area contributed by atoms with Crippen molar-refractivity contribution in [3.8, 4) is 11.8 Å². The van der Waals surface area contributed by atoms with Gasteiger partial charge in [-0.2, -0.15) is 5.26 Å². The Hall–Kier alpha value is -2.61. The van der Waals surface area contributed by atoms with E-state index in [4.69, 9.17) is 10.00 Å². The van der Waals surface area contributed by atoms with Crippen LogP contribution in [0.25, 0.3) is 0 Å². The summed E-state index contributed by atoms with van der Waals surface area (Å²) >= 11 is 0. The number of carbonyl (C=O) groups is 2. The van der Waals surface area contributed by atoms with E-state index in [0.717, 1.165) is 11.6 Å². The van der Waals surface area contributed by atoms with E-state index >= 15 is 0 Å². The van der Waals surface area contributed by atoms with Crippen LogP contribution in [0.15, 0.2) is 36.9 Å². The van der Waals surface area contributed by atoms with Crippen LogP contribution in [0.5, 0.6) is 5.75 Å². The number of carbonyl (C=O) groups excluding carboxylic acids is 2. The molecule has 0 radical (unpaired) electrons. The number of rotatable bonds is 6. The predicted molar refractivity (Wildman–Crippen MR) is 67.2 cm³/mol. The fourth-order valence-electron chi connectivity index (χ4n) is 1.24. The first-order valence-electron chi connectivity index (χ1n) is 5.61. The minimum absolute atomic E-state index is 0.0282. The van der Waals surface area contributed by atoms with Crippen LogP contribution in [0.1, 0.15) is 12.0 Å². The second-order valence-electron chi connectivity index (χ2n) is 3.57. The van der Waals surface area contributed by atoms with Gasteiger partial charge in [-0.3, -0.25) is 4.79 Å². The van der Waals surface area contributed by atoms with E-state index in [1.807, 2.05) is 6.07 Å². The summed E-state index contributed by atoms with van der Waals surface area (Å²) in [6, 6.07) is 8.67. The minimum atomic E-state index is -0.575. The van der Waals surface area contributed by atoms with Crippen molar-refractivity contribution in [2.45, 2.75) is 12.8 Å². The first-order valence-corrected chi connectivity index (χ1v) is 5.61. The molecule has 19 heavy (non-hydrogen) atoms. The van der Waals surface area contributed by atoms with Crippen LogP contribution in [-0.2, 0) is 20.7 Å². The SMILES string of the molecule is C=CC(=O)OCCC(=O)Oc1ccc(CC#N)cc1. The van der Waals surface area contributed by atoms with E-state index in [2.05, 4.69) is 11.3 Å². The molecule has 0 saturated carbocycles. The molecule has 0 aliphatic rings. The molecule has 1 aromatic rings. The molecular weight excluding hydrogens is 246 g/mol. The molecule has 5 heteroatoms. The maximum absolute atomic E-state index is 11.4. The maximum atomic E-state index is 11.4. The van der Waals surface area contributed by atoms with Crippen molar-refractivity contribution in [1.82, 2.24) is 0 Å². The summed E-state index contributed by atoms with van der Waals surface area (Å²) in [5.74, 6) is -0.680. The normalized spacial score (nSPS) is 9.21. The molecule has 0 fully saturated rings. The number of hydrogen-bond donors (Lipinski definition) is 0. The monoisotopic (exact) mass is 259 g/mol. The van der Waals surface area contributed by atoms with Gasteiger partial charge in [0.2, 0.25) is 0 Å². The Morgan fingerprint density at radius 3 is 2.58 bits per heavy atom. The van der Waals surface area contributed by atoms with Crippen LogP contribution in [0.2, 0.25) is 0 Å². The topological polar surface area (TPSA) is 76.4 Å². The Balaban J connectivity index is 2.38. The number of nitrogens with zero attached hydrogens (tertiary/aromatic N) is 1. The minimum Gasteiger partial charge on any atom is -0.462 e. The van der Waals surface area contributed by atoms with E-state index in [1.54, 1.807) is 24.3 Å². The van der Waals surface area contributed by atoms with E-state index in [-0.39, 0.29) is 13.0 Å². The third-order valence-corrected chi connectivity index (χ3v) is 2.16. The van der Waals surface area contributed by atoms with Crippen LogP contribution in [-0.4, -0.2) is 18.5 Å². The molecule has 0 atom stereocenters. The van der Waals surface area contributed by atoms with Gasteiger partial charge >= 0.3 is 11.9 Å². The van der Waals surface area contributed by atoms with E-state index < -0.39 is 11.9 Å². The Bertz CT molecular complexity index is 499. The summed E-state index contributed by atoms with van der Waals surface area (Å²) in [6.07, 6.45) is 1.31. The van der Waals surface area contributed by atoms with Gasteiger partial charge < -0.3 is 9.47 Å². The number of benzene rings is 1. The van der Waals surface area contributed by atoms with Crippen molar-refractivity contribution in [2.75, 3.05) is 6.61 Å². The highest BCUT2D eigenvalue weighted by molar-refractivity contribution is 5.81. The number of hydrogen-bond acceptors (Lipinski definition) is 5. The summed E-state index contributed by atoms with van der Waals surface area (Å²) < 4.78 is 9.68. The van der Waals surface area contributed by atoms with Gasteiger partial charge in [0.15, 0.2) is 0 Å². The van der Waals surface area contributed by atoms with Gasteiger partial charge in [-0.15, -0.1) is 0 Å². The summed E-state index contributed by atoms with van der Waals surface area (Å²) in [4.78, 5) is 22.1. The summed E-state index contributed by atoms with van der Waals surface area (Å²) in [6.45, 7) is 3.19. The molecule has 0 aromatic heterocycles. The molecule has 0 spiro atoms. The lowest BCUT2D eigenvalue weighted by Crippen LogP contribution is -2.12. The first-order chi connectivity index (χ1) is 9.15. The molecule has 0 saturated heterocycles. The second kappa shape index (κ2) is 7.67. The second-order valence-corrected chi connectivity index (χ2v) is 3.57. The number of esters is 2. The summed E-state index contributed by atoms with van der Waals surface area (Å²) in [5, 5.41) is 8.51. The van der Waals surface area contributed by atoms with Gasteiger partial charge in [0.05, 0.1) is 18.9 Å².